The fourth-order valence-electron chi connectivity index (χ4n) is 1.94. The highest BCUT2D eigenvalue weighted by atomic mass is 35.5. The molecule has 0 saturated heterocycles. The third-order valence-corrected chi connectivity index (χ3v) is 3.89. The minimum Gasteiger partial charge on any atom is -0.492 e. The van der Waals surface area contributed by atoms with E-state index in [-0.39, 0.29) is 0 Å². The lowest BCUT2D eigenvalue weighted by molar-refractivity contribution is 0.340. The molecule has 106 valence electrons. The molecule has 1 unspecified atom stereocenters. The molecule has 0 amide bonds. The van der Waals surface area contributed by atoms with E-state index in [0.29, 0.717) is 33.0 Å². The molecule has 2 aromatic carbocycles. The predicted molar refractivity (Wildman–Crippen MR) is 85.1 cm³/mol. The van der Waals surface area contributed by atoms with Gasteiger partial charge in [-0.05, 0) is 30.2 Å². The highest BCUT2D eigenvalue weighted by Gasteiger charge is 2.17. The molecule has 0 aliphatic rings. The summed E-state index contributed by atoms with van der Waals surface area (Å²) in [5, 5.41) is 1.58. The van der Waals surface area contributed by atoms with Crippen LogP contribution >= 0.6 is 34.8 Å². The summed E-state index contributed by atoms with van der Waals surface area (Å²) >= 11 is 18.6. The van der Waals surface area contributed by atoms with Gasteiger partial charge in [-0.2, -0.15) is 0 Å². The zero-order valence-corrected chi connectivity index (χ0v) is 13.1. The van der Waals surface area contributed by atoms with Crippen LogP contribution in [0.5, 0.6) is 5.75 Å². The summed E-state index contributed by atoms with van der Waals surface area (Å²) in [5.41, 5.74) is 7.76. The minimum atomic E-state index is -0.440. The maximum Gasteiger partial charge on any atom is 0.139 e. The van der Waals surface area contributed by atoms with E-state index in [0.717, 1.165) is 5.56 Å². The van der Waals surface area contributed by atoms with E-state index in [9.17, 15) is 0 Å². The Balaban J connectivity index is 2.43. The molecule has 2 rings (SSSR count). The Bertz CT molecular complexity index is 616. The first kappa shape index (κ1) is 15.5. The van der Waals surface area contributed by atoms with Crippen LogP contribution in [0.25, 0.3) is 0 Å². The number of hydrogen-bond acceptors (Lipinski definition) is 2. The molecule has 0 saturated carbocycles. The Hall–Kier alpha value is -0.930. The maximum atomic E-state index is 6.27. The molecular formula is C15H14Cl3NO. The van der Waals surface area contributed by atoms with Crippen molar-refractivity contribution in [3.8, 4) is 5.75 Å². The van der Waals surface area contributed by atoms with E-state index in [1.807, 2.05) is 25.1 Å². The fourth-order valence-corrected chi connectivity index (χ4v) is 2.69. The van der Waals surface area contributed by atoms with Crippen molar-refractivity contribution in [2.24, 2.45) is 5.73 Å². The van der Waals surface area contributed by atoms with Crippen LogP contribution in [0.15, 0.2) is 36.4 Å². The summed E-state index contributed by atoms with van der Waals surface area (Å²) in [5.74, 6) is 0.550. The van der Waals surface area contributed by atoms with Crippen molar-refractivity contribution in [2.45, 2.75) is 13.0 Å². The van der Waals surface area contributed by atoms with Gasteiger partial charge in [-0.1, -0.05) is 53.0 Å². The van der Waals surface area contributed by atoms with Gasteiger partial charge in [0.2, 0.25) is 0 Å². The Kier molecular flexibility index (Phi) is 5.17. The molecule has 0 aromatic heterocycles. The predicted octanol–water partition coefficient (Wildman–Crippen LogP) is 5.09. The van der Waals surface area contributed by atoms with Crippen molar-refractivity contribution in [1.29, 1.82) is 0 Å². The minimum absolute atomic E-state index is 0.440. The average molecular weight is 331 g/mol. The lowest BCUT2D eigenvalue weighted by Crippen LogP contribution is -2.13. The van der Waals surface area contributed by atoms with Gasteiger partial charge in [-0.3, -0.25) is 0 Å². The topological polar surface area (TPSA) is 35.2 Å². The van der Waals surface area contributed by atoms with E-state index in [1.165, 1.54) is 0 Å². The average Bonchev–Trinajstić information content (AvgIpc) is 2.42. The van der Waals surface area contributed by atoms with E-state index in [1.54, 1.807) is 18.2 Å². The van der Waals surface area contributed by atoms with Gasteiger partial charge in [-0.25, -0.2) is 0 Å². The van der Waals surface area contributed by atoms with Crippen molar-refractivity contribution >= 4 is 34.8 Å². The molecule has 0 spiro atoms. The van der Waals surface area contributed by atoms with Crippen LogP contribution in [0, 0.1) is 0 Å². The van der Waals surface area contributed by atoms with Gasteiger partial charge in [0.05, 0.1) is 17.7 Å². The molecule has 0 radical (unpaired) electrons. The van der Waals surface area contributed by atoms with Gasteiger partial charge in [0, 0.05) is 16.1 Å². The summed E-state index contributed by atoms with van der Waals surface area (Å²) < 4.78 is 5.40. The molecule has 0 fully saturated rings. The van der Waals surface area contributed by atoms with Gasteiger partial charge < -0.3 is 10.5 Å². The first-order valence-electron chi connectivity index (χ1n) is 6.16. The largest absolute Gasteiger partial charge is 0.492 e. The van der Waals surface area contributed by atoms with Crippen molar-refractivity contribution in [1.82, 2.24) is 0 Å². The number of halogens is 3. The van der Waals surface area contributed by atoms with E-state index >= 15 is 0 Å². The molecule has 2 N–H and O–H groups in total. The lowest BCUT2D eigenvalue weighted by atomic mass is 9.99. The Morgan fingerprint density at radius 1 is 1.00 bits per heavy atom. The van der Waals surface area contributed by atoms with Crippen LogP contribution < -0.4 is 10.5 Å². The maximum absolute atomic E-state index is 6.27. The van der Waals surface area contributed by atoms with E-state index in [2.05, 4.69) is 0 Å². The van der Waals surface area contributed by atoms with Gasteiger partial charge in [0.15, 0.2) is 0 Å². The molecule has 0 aliphatic heterocycles. The summed E-state index contributed by atoms with van der Waals surface area (Å²) in [4.78, 5) is 0. The second-order valence-electron chi connectivity index (χ2n) is 4.24. The van der Waals surface area contributed by atoms with Crippen molar-refractivity contribution in [3.05, 3.63) is 62.6 Å². The summed E-state index contributed by atoms with van der Waals surface area (Å²) in [7, 11) is 0. The molecule has 1 atom stereocenters. The summed E-state index contributed by atoms with van der Waals surface area (Å²) in [6.45, 7) is 2.40. The van der Waals surface area contributed by atoms with Gasteiger partial charge in [-0.15, -0.1) is 0 Å². The Morgan fingerprint density at radius 3 is 2.35 bits per heavy atom. The Morgan fingerprint density at radius 2 is 1.70 bits per heavy atom. The van der Waals surface area contributed by atoms with Crippen LogP contribution in [0.2, 0.25) is 15.1 Å². The SMILES string of the molecule is CCOc1cc(Cl)c(C(N)c2ccccc2Cl)cc1Cl. The molecule has 0 heterocycles. The zero-order valence-electron chi connectivity index (χ0n) is 10.9. The Labute approximate surface area is 133 Å². The molecule has 5 heteroatoms. The lowest BCUT2D eigenvalue weighted by Gasteiger charge is -2.17. The van der Waals surface area contributed by atoms with Gasteiger partial charge in [0.25, 0.3) is 0 Å². The number of ether oxygens (including phenoxy) is 1. The van der Waals surface area contributed by atoms with Crippen LogP contribution in [0.1, 0.15) is 24.1 Å². The number of rotatable bonds is 4. The first-order chi connectivity index (χ1) is 9.54. The molecule has 2 aromatic rings. The third kappa shape index (κ3) is 3.21. The quantitative estimate of drug-likeness (QED) is 0.847. The smallest absolute Gasteiger partial charge is 0.139 e. The number of nitrogens with two attached hydrogens (primary N) is 1. The normalized spacial score (nSPS) is 12.2. The first-order valence-corrected chi connectivity index (χ1v) is 7.29. The zero-order chi connectivity index (χ0) is 14.7. The molecule has 0 bridgehead atoms. The third-order valence-electron chi connectivity index (χ3n) is 2.93. The van der Waals surface area contributed by atoms with Crippen molar-refractivity contribution < 1.29 is 4.74 Å². The second-order valence-corrected chi connectivity index (χ2v) is 5.46. The highest BCUT2D eigenvalue weighted by molar-refractivity contribution is 6.35. The van der Waals surface area contributed by atoms with Crippen molar-refractivity contribution in [3.63, 3.8) is 0 Å². The fraction of sp³-hybridized carbons (Fsp3) is 0.200. The molecular weight excluding hydrogens is 317 g/mol. The monoisotopic (exact) mass is 329 g/mol. The number of hydrogen-bond donors (Lipinski definition) is 1. The van der Waals surface area contributed by atoms with E-state index in [4.69, 9.17) is 45.3 Å². The van der Waals surface area contributed by atoms with Crippen LogP contribution in [-0.2, 0) is 0 Å². The van der Waals surface area contributed by atoms with Gasteiger partial charge >= 0.3 is 0 Å². The van der Waals surface area contributed by atoms with Crippen LogP contribution in [0.3, 0.4) is 0 Å². The highest BCUT2D eigenvalue weighted by Crippen LogP contribution is 2.36. The van der Waals surface area contributed by atoms with Gasteiger partial charge in [0.1, 0.15) is 5.75 Å². The molecule has 2 nitrogen and oxygen atoms in total. The summed E-state index contributed by atoms with van der Waals surface area (Å²) in [6.07, 6.45) is 0. The van der Waals surface area contributed by atoms with Crippen molar-refractivity contribution in [2.75, 3.05) is 6.61 Å². The molecule has 0 aliphatic carbocycles. The second kappa shape index (κ2) is 6.68. The van der Waals surface area contributed by atoms with E-state index < -0.39 is 6.04 Å². The number of benzene rings is 2. The summed E-state index contributed by atoms with van der Waals surface area (Å²) in [6, 6.07) is 10.4. The standard InChI is InChI=1S/C15H14Cl3NO/c1-2-20-14-8-12(17)10(7-13(14)18)15(19)9-5-3-4-6-11(9)16/h3-8,15H,2,19H2,1H3. The van der Waals surface area contributed by atoms with Crippen LogP contribution in [0.4, 0.5) is 0 Å². The van der Waals surface area contributed by atoms with Crippen LogP contribution in [-0.4, -0.2) is 6.61 Å². The molecule has 20 heavy (non-hydrogen) atoms.